The minimum absolute atomic E-state index is 0.00336. The predicted octanol–water partition coefficient (Wildman–Crippen LogP) is 3.27. The number of nitrogens with one attached hydrogen (secondary N) is 1. The molecule has 0 spiro atoms. The quantitative estimate of drug-likeness (QED) is 0.519. The number of ether oxygens (including phenoxy) is 4. The molecule has 0 aromatic heterocycles. The molecule has 1 aliphatic heterocycles. The summed E-state index contributed by atoms with van der Waals surface area (Å²) in [5, 5.41) is 14.2. The van der Waals surface area contributed by atoms with Gasteiger partial charge in [-0.05, 0) is 35.7 Å². The topological polar surface area (TPSA) is 109 Å². The summed E-state index contributed by atoms with van der Waals surface area (Å²) in [4.78, 5) is 23.2. The molecule has 3 rings (SSSR count). The Bertz CT molecular complexity index is 930. The lowest BCUT2D eigenvalue weighted by atomic mass is 9.95. The third-order valence-electron chi connectivity index (χ3n) is 4.63. The number of carbonyl (C=O) groups is 1. The highest BCUT2D eigenvalue weighted by Gasteiger charge is 2.23. The van der Waals surface area contributed by atoms with E-state index < -0.39 is 10.8 Å². The number of rotatable bonds is 8. The van der Waals surface area contributed by atoms with Gasteiger partial charge in [0.05, 0.1) is 24.1 Å². The van der Waals surface area contributed by atoms with Gasteiger partial charge >= 0.3 is 5.69 Å². The van der Waals surface area contributed by atoms with Crippen LogP contribution >= 0.6 is 0 Å². The fourth-order valence-corrected chi connectivity index (χ4v) is 3.14. The first-order valence-electron chi connectivity index (χ1n) is 9.53. The minimum Gasteiger partial charge on any atom is -0.496 e. The number of benzene rings is 2. The maximum atomic E-state index is 12.5. The Morgan fingerprint density at radius 2 is 1.90 bits per heavy atom. The van der Waals surface area contributed by atoms with E-state index in [9.17, 15) is 14.9 Å². The summed E-state index contributed by atoms with van der Waals surface area (Å²) in [6, 6.07) is 9.46. The standard InChI is InChI=1S/C21H24N2O7/c1-13(2)21(14-4-6-18-19(10-14)29-9-8-28-18)22-20(24)12-30-17-7-5-15(27-3)11-16(17)23(25)26/h4-7,10-11,13,21H,8-9,12H2,1-3H3,(H,22,24)/t21-/m1/s1. The molecule has 1 heterocycles. The van der Waals surface area contributed by atoms with E-state index in [1.165, 1.54) is 25.3 Å². The van der Waals surface area contributed by atoms with Crippen molar-refractivity contribution < 1.29 is 28.7 Å². The van der Waals surface area contributed by atoms with Gasteiger partial charge < -0.3 is 24.3 Å². The van der Waals surface area contributed by atoms with Gasteiger partial charge in [-0.25, -0.2) is 0 Å². The predicted molar refractivity (Wildman–Crippen MR) is 108 cm³/mol. The Hall–Kier alpha value is -3.49. The van der Waals surface area contributed by atoms with E-state index in [1.54, 1.807) is 0 Å². The van der Waals surface area contributed by atoms with Crippen LogP contribution in [0.2, 0.25) is 0 Å². The minimum atomic E-state index is -0.581. The fourth-order valence-electron chi connectivity index (χ4n) is 3.14. The van der Waals surface area contributed by atoms with Crippen LogP contribution in [0, 0.1) is 16.0 Å². The molecule has 9 nitrogen and oxygen atoms in total. The lowest BCUT2D eigenvalue weighted by molar-refractivity contribution is -0.385. The van der Waals surface area contributed by atoms with Crippen molar-refractivity contribution in [2.75, 3.05) is 26.9 Å². The van der Waals surface area contributed by atoms with Gasteiger partial charge in [-0.2, -0.15) is 0 Å². The van der Waals surface area contributed by atoms with Crippen LogP contribution in [0.25, 0.3) is 0 Å². The SMILES string of the molecule is COc1ccc(OCC(=O)N[C@@H](c2ccc3c(c2)OCCO3)C(C)C)c([N+](=O)[O-])c1. The number of nitro benzene ring substituents is 1. The zero-order valence-electron chi connectivity index (χ0n) is 17.0. The highest BCUT2D eigenvalue weighted by atomic mass is 16.6. The summed E-state index contributed by atoms with van der Waals surface area (Å²) in [7, 11) is 1.41. The largest absolute Gasteiger partial charge is 0.496 e. The molecule has 160 valence electrons. The third kappa shape index (κ3) is 4.91. The van der Waals surface area contributed by atoms with E-state index >= 15 is 0 Å². The molecule has 1 atom stereocenters. The zero-order chi connectivity index (χ0) is 21.7. The van der Waals surface area contributed by atoms with E-state index in [4.69, 9.17) is 18.9 Å². The number of amides is 1. The molecule has 0 saturated carbocycles. The highest BCUT2D eigenvalue weighted by molar-refractivity contribution is 5.78. The Kier molecular flexibility index (Phi) is 6.61. The first kappa shape index (κ1) is 21.2. The molecule has 0 aliphatic carbocycles. The van der Waals surface area contributed by atoms with Gasteiger partial charge in [0.25, 0.3) is 5.91 Å². The Morgan fingerprint density at radius 1 is 1.17 bits per heavy atom. The van der Waals surface area contributed by atoms with Crippen LogP contribution in [0.5, 0.6) is 23.0 Å². The number of nitro groups is 1. The van der Waals surface area contributed by atoms with E-state index in [-0.39, 0.29) is 30.0 Å². The van der Waals surface area contributed by atoms with E-state index in [0.29, 0.717) is 30.5 Å². The first-order valence-corrected chi connectivity index (χ1v) is 9.53. The second-order valence-corrected chi connectivity index (χ2v) is 7.07. The van der Waals surface area contributed by atoms with Crippen molar-refractivity contribution in [3.8, 4) is 23.0 Å². The molecule has 9 heteroatoms. The van der Waals surface area contributed by atoms with Gasteiger partial charge in [-0.1, -0.05) is 19.9 Å². The number of fused-ring (bicyclic) bond motifs is 1. The summed E-state index contributed by atoms with van der Waals surface area (Å²) in [6.07, 6.45) is 0. The van der Waals surface area contributed by atoms with Crippen LogP contribution in [-0.4, -0.2) is 37.8 Å². The van der Waals surface area contributed by atoms with E-state index in [0.717, 1.165) is 5.56 Å². The van der Waals surface area contributed by atoms with Crippen molar-refractivity contribution >= 4 is 11.6 Å². The summed E-state index contributed by atoms with van der Waals surface area (Å²) in [5.74, 6) is 1.34. The molecule has 30 heavy (non-hydrogen) atoms. The zero-order valence-corrected chi connectivity index (χ0v) is 17.0. The number of carbonyl (C=O) groups excluding carboxylic acids is 1. The molecule has 0 bridgehead atoms. The number of hydrogen-bond donors (Lipinski definition) is 1. The normalized spacial score (nSPS) is 13.5. The van der Waals surface area contributed by atoms with E-state index in [1.807, 2.05) is 32.0 Å². The Labute approximate surface area is 174 Å². The third-order valence-corrected chi connectivity index (χ3v) is 4.63. The van der Waals surface area contributed by atoms with Gasteiger partial charge in [0.15, 0.2) is 23.9 Å². The maximum Gasteiger partial charge on any atom is 0.314 e. The molecule has 0 radical (unpaired) electrons. The lowest BCUT2D eigenvalue weighted by Crippen LogP contribution is -2.35. The van der Waals surface area contributed by atoms with Gasteiger partial charge in [0.2, 0.25) is 0 Å². The van der Waals surface area contributed by atoms with Crippen LogP contribution in [0.3, 0.4) is 0 Å². The summed E-state index contributed by atoms with van der Waals surface area (Å²) in [6.45, 7) is 4.59. The van der Waals surface area contributed by atoms with Gasteiger partial charge in [-0.15, -0.1) is 0 Å². The Morgan fingerprint density at radius 3 is 2.57 bits per heavy atom. The second-order valence-electron chi connectivity index (χ2n) is 7.07. The van der Waals surface area contributed by atoms with Crippen LogP contribution in [0.4, 0.5) is 5.69 Å². The molecule has 1 amide bonds. The van der Waals surface area contributed by atoms with Crippen molar-refractivity contribution in [2.45, 2.75) is 19.9 Å². The van der Waals surface area contributed by atoms with Crippen LogP contribution in [-0.2, 0) is 4.79 Å². The fraction of sp³-hybridized carbons (Fsp3) is 0.381. The van der Waals surface area contributed by atoms with Crippen LogP contribution in [0.15, 0.2) is 36.4 Å². The molecule has 2 aromatic carbocycles. The van der Waals surface area contributed by atoms with Crippen LogP contribution < -0.4 is 24.3 Å². The van der Waals surface area contributed by atoms with Crippen molar-refractivity contribution in [1.29, 1.82) is 0 Å². The highest BCUT2D eigenvalue weighted by Crippen LogP contribution is 2.34. The van der Waals surface area contributed by atoms with E-state index in [2.05, 4.69) is 5.32 Å². The van der Waals surface area contributed by atoms with Crippen molar-refractivity contribution in [3.63, 3.8) is 0 Å². The van der Waals surface area contributed by atoms with Crippen LogP contribution in [0.1, 0.15) is 25.5 Å². The average molecular weight is 416 g/mol. The molecule has 0 unspecified atom stereocenters. The summed E-state index contributed by atoms with van der Waals surface area (Å²) >= 11 is 0. The lowest BCUT2D eigenvalue weighted by Gasteiger charge is -2.25. The van der Waals surface area contributed by atoms with Gasteiger partial charge in [-0.3, -0.25) is 14.9 Å². The smallest absolute Gasteiger partial charge is 0.314 e. The molecule has 2 aromatic rings. The average Bonchev–Trinajstić information content (AvgIpc) is 2.75. The van der Waals surface area contributed by atoms with Gasteiger partial charge in [0, 0.05) is 0 Å². The molecule has 1 aliphatic rings. The molecule has 0 saturated heterocycles. The summed E-state index contributed by atoms with van der Waals surface area (Å²) in [5.41, 5.74) is 0.604. The van der Waals surface area contributed by atoms with Crippen molar-refractivity contribution in [1.82, 2.24) is 5.32 Å². The molecule has 1 N–H and O–H groups in total. The molecular weight excluding hydrogens is 392 g/mol. The second kappa shape index (κ2) is 9.34. The molecular formula is C21H24N2O7. The van der Waals surface area contributed by atoms with Crippen molar-refractivity contribution in [3.05, 3.63) is 52.1 Å². The first-order chi connectivity index (χ1) is 14.4. The van der Waals surface area contributed by atoms with Gasteiger partial charge in [0.1, 0.15) is 19.0 Å². The maximum absolute atomic E-state index is 12.5. The number of methoxy groups -OCH3 is 1. The summed E-state index contributed by atoms with van der Waals surface area (Å²) < 4.78 is 21.6. The van der Waals surface area contributed by atoms with Crippen molar-refractivity contribution in [2.24, 2.45) is 5.92 Å². The number of nitrogens with zero attached hydrogens (tertiary/aromatic N) is 1. The molecule has 0 fully saturated rings. The number of hydrogen-bond acceptors (Lipinski definition) is 7. The monoisotopic (exact) mass is 416 g/mol. The Balaban J connectivity index is 1.69.